The second-order valence-electron chi connectivity index (χ2n) is 5.57. The van der Waals surface area contributed by atoms with Crippen LogP contribution in [0.3, 0.4) is 0 Å². The van der Waals surface area contributed by atoms with Gasteiger partial charge in [0.15, 0.2) is 0 Å². The highest BCUT2D eigenvalue weighted by atomic mass is 19.1. The van der Waals surface area contributed by atoms with E-state index < -0.39 is 0 Å². The van der Waals surface area contributed by atoms with Gasteiger partial charge in [-0.2, -0.15) is 0 Å². The summed E-state index contributed by atoms with van der Waals surface area (Å²) in [5.74, 6) is -0.158. The zero-order chi connectivity index (χ0) is 16.8. The van der Waals surface area contributed by atoms with Gasteiger partial charge in [-0.25, -0.2) is 4.39 Å². The second-order valence-corrected chi connectivity index (χ2v) is 5.57. The summed E-state index contributed by atoms with van der Waals surface area (Å²) in [6.45, 7) is 4.49. The van der Waals surface area contributed by atoms with E-state index in [4.69, 9.17) is 10.5 Å². The molecule has 0 saturated carbocycles. The number of rotatable bonds is 7. The van der Waals surface area contributed by atoms with Crippen molar-refractivity contribution in [2.75, 3.05) is 0 Å². The van der Waals surface area contributed by atoms with Crippen LogP contribution in [0.2, 0.25) is 0 Å². The fourth-order valence-electron chi connectivity index (χ4n) is 2.08. The molecule has 0 bridgehead atoms. The molecule has 1 atom stereocenters. The fraction of sp³-hybridized carbons (Fsp3) is 0.278. The molecule has 2 rings (SSSR count). The molecule has 0 aliphatic heterocycles. The number of ether oxygens (including phenoxy) is 1. The number of carbonyl (C=O) groups excluding carboxylic acids is 1. The van der Waals surface area contributed by atoms with Crippen molar-refractivity contribution in [3.63, 3.8) is 0 Å². The number of hydrogen-bond acceptors (Lipinski definition) is 3. The van der Waals surface area contributed by atoms with Gasteiger partial charge in [0.05, 0.1) is 6.04 Å². The van der Waals surface area contributed by atoms with Gasteiger partial charge in [0.2, 0.25) is 5.91 Å². The monoisotopic (exact) mass is 316 g/mol. The van der Waals surface area contributed by atoms with Crippen molar-refractivity contribution in [1.82, 2.24) is 5.32 Å². The van der Waals surface area contributed by atoms with Crippen LogP contribution < -0.4 is 15.8 Å². The summed E-state index contributed by atoms with van der Waals surface area (Å²) in [5.41, 5.74) is 8.05. The van der Waals surface area contributed by atoms with E-state index in [1.54, 1.807) is 13.0 Å². The van der Waals surface area contributed by atoms with Crippen LogP contribution in [0.5, 0.6) is 5.75 Å². The molecule has 2 aromatic carbocycles. The van der Waals surface area contributed by atoms with Crippen molar-refractivity contribution in [2.24, 2.45) is 5.73 Å². The molecular weight excluding hydrogens is 295 g/mol. The molecule has 0 heterocycles. The summed E-state index contributed by atoms with van der Waals surface area (Å²) in [6.07, 6.45) is 0. The average Bonchev–Trinajstić information content (AvgIpc) is 2.50. The lowest BCUT2D eigenvalue weighted by atomic mass is 10.1. The maximum Gasteiger partial charge on any atom is 0.234 e. The van der Waals surface area contributed by atoms with E-state index in [0.717, 1.165) is 16.7 Å². The molecule has 0 aromatic heterocycles. The first-order chi connectivity index (χ1) is 10.9. The molecule has 5 heteroatoms. The van der Waals surface area contributed by atoms with E-state index in [2.05, 4.69) is 5.32 Å². The van der Waals surface area contributed by atoms with Gasteiger partial charge in [0.1, 0.15) is 18.2 Å². The van der Waals surface area contributed by atoms with E-state index >= 15 is 0 Å². The van der Waals surface area contributed by atoms with Crippen molar-refractivity contribution >= 4 is 5.91 Å². The number of carbonyl (C=O) groups is 1. The maximum atomic E-state index is 13.3. The summed E-state index contributed by atoms with van der Waals surface area (Å²) in [5, 5.41) is 3.04. The van der Waals surface area contributed by atoms with E-state index in [1.807, 2.05) is 31.2 Å². The topological polar surface area (TPSA) is 64.3 Å². The molecule has 0 saturated heterocycles. The lowest BCUT2D eigenvalue weighted by Gasteiger charge is -2.11. The Morgan fingerprint density at radius 2 is 1.87 bits per heavy atom. The van der Waals surface area contributed by atoms with Gasteiger partial charge in [-0.1, -0.05) is 24.3 Å². The molecule has 0 spiro atoms. The lowest BCUT2D eigenvalue weighted by molar-refractivity contribution is -0.119. The Balaban J connectivity index is 1.88. The average molecular weight is 316 g/mol. The first kappa shape index (κ1) is 17.0. The van der Waals surface area contributed by atoms with Crippen LogP contribution >= 0.6 is 0 Å². The lowest BCUT2D eigenvalue weighted by Crippen LogP contribution is -2.38. The van der Waals surface area contributed by atoms with Gasteiger partial charge in [0.25, 0.3) is 0 Å². The maximum absolute atomic E-state index is 13.3. The van der Waals surface area contributed by atoms with E-state index in [-0.39, 0.29) is 17.8 Å². The Labute approximate surface area is 135 Å². The van der Waals surface area contributed by atoms with E-state index in [1.165, 1.54) is 12.1 Å². The molecular formula is C18H21FN2O2. The predicted molar refractivity (Wildman–Crippen MR) is 87.4 cm³/mol. The first-order valence-corrected chi connectivity index (χ1v) is 7.44. The Morgan fingerprint density at radius 1 is 1.22 bits per heavy atom. The van der Waals surface area contributed by atoms with Gasteiger partial charge >= 0.3 is 0 Å². The van der Waals surface area contributed by atoms with Crippen molar-refractivity contribution in [3.05, 3.63) is 65.0 Å². The second kappa shape index (κ2) is 7.74. The third-order valence-corrected chi connectivity index (χ3v) is 3.48. The van der Waals surface area contributed by atoms with Crippen LogP contribution in [0.25, 0.3) is 0 Å². The van der Waals surface area contributed by atoms with Gasteiger partial charge in [-0.15, -0.1) is 0 Å². The summed E-state index contributed by atoms with van der Waals surface area (Å²) in [6, 6.07) is 12.1. The smallest absolute Gasteiger partial charge is 0.234 e. The quantitative estimate of drug-likeness (QED) is 0.825. The van der Waals surface area contributed by atoms with Crippen LogP contribution in [0.1, 0.15) is 23.6 Å². The molecule has 0 radical (unpaired) electrons. The summed E-state index contributed by atoms with van der Waals surface area (Å²) < 4.78 is 18.9. The highest BCUT2D eigenvalue weighted by Crippen LogP contribution is 2.17. The van der Waals surface area contributed by atoms with Crippen molar-refractivity contribution in [2.45, 2.75) is 33.0 Å². The Bertz CT molecular complexity index is 651. The van der Waals surface area contributed by atoms with E-state index in [0.29, 0.717) is 18.9 Å². The molecule has 0 aliphatic carbocycles. The van der Waals surface area contributed by atoms with Gasteiger partial charge in [0, 0.05) is 12.6 Å². The van der Waals surface area contributed by atoms with Crippen molar-refractivity contribution in [1.29, 1.82) is 0 Å². The first-order valence-electron chi connectivity index (χ1n) is 7.44. The summed E-state index contributed by atoms with van der Waals surface area (Å²) in [7, 11) is 0. The normalized spacial score (nSPS) is 12.0. The largest absolute Gasteiger partial charge is 0.489 e. The van der Waals surface area contributed by atoms with Gasteiger partial charge in [-0.05, 0) is 42.7 Å². The summed E-state index contributed by atoms with van der Waals surface area (Å²) >= 11 is 0. The molecule has 0 unspecified atom stereocenters. The van der Waals surface area contributed by atoms with Crippen LogP contribution in [-0.2, 0) is 17.9 Å². The number of nitrogens with two attached hydrogens (primary N) is 1. The minimum absolute atomic E-state index is 0.301. The van der Waals surface area contributed by atoms with Gasteiger partial charge < -0.3 is 15.8 Å². The number of halogens is 1. The number of primary amides is 1. The third-order valence-electron chi connectivity index (χ3n) is 3.48. The SMILES string of the molecule is Cc1cc(F)cc(OCc2ccc(CN[C@@H](C)C(N)=O)cc2)c1. The van der Waals surface area contributed by atoms with Gasteiger partial charge in [-0.3, -0.25) is 4.79 Å². The van der Waals surface area contributed by atoms with Crippen LogP contribution in [-0.4, -0.2) is 11.9 Å². The Hall–Kier alpha value is -2.40. The Kier molecular flexibility index (Phi) is 5.71. The number of amides is 1. The molecule has 0 aliphatic rings. The van der Waals surface area contributed by atoms with Crippen LogP contribution in [0.4, 0.5) is 4.39 Å². The molecule has 3 N–H and O–H groups in total. The zero-order valence-electron chi connectivity index (χ0n) is 13.3. The molecule has 23 heavy (non-hydrogen) atoms. The number of benzene rings is 2. The molecule has 1 amide bonds. The number of aryl methyl sites for hydroxylation is 1. The highest BCUT2D eigenvalue weighted by Gasteiger charge is 2.07. The molecule has 122 valence electrons. The zero-order valence-corrected chi connectivity index (χ0v) is 13.3. The fourth-order valence-corrected chi connectivity index (χ4v) is 2.08. The predicted octanol–water partition coefficient (Wildman–Crippen LogP) is 2.68. The molecule has 2 aromatic rings. The molecule has 4 nitrogen and oxygen atoms in total. The highest BCUT2D eigenvalue weighted by molar-refractivity contribution is 5.79. The van der Waals surface area contributed by atoms with Crippen molar-refractivity contribution in [3.8, 4) is 5.75 Å². The summed E-state index contributed by atoms with van der Waals surface area (Å²) in [4.78, 5) is 11.0. The van der Waals surface area contributed by atoms with Crippen molar-refractivity contribution < 1.29 is 13.9 Å². The minimum atomic E-state index is -0.375. The minimum Gasteiger partial charge on any atom is -0.489 e. The number of hydrogen-bond donors (Lipinski definition) is 2. The van der Waals surface area contributed by atoms with E-state index in [9.17, 15) is 9.18 Å². The number of nitrogens with one attached hydrogen (secondary N) is 1. The third kappa shape index (κ3) is 5.38. The Morgan fingerprint density at radius 3 is 2.48 bits per heavy atom. The standard InChI is InChI=1S/C18H21FN2O2/c1-12-7-16(19)9-17(8-12)23-11-15-5-3-14(4-6-15)10-21-13(2)18(20)22/h3-9,13,21H,10-11H2,1-2H3,(H2,20,22)/t13-/m0/s1. The molecule has 0 fully saturated rings. The van der Waals surface area contributed by atoms with Crippen LogP contribution in [0.15, 0.2) is 42.5 Å². The van der Waals surface area contributed by atoms with Crippen LogP contribution in [0, 0.1) is 12.7 Å².